The zero-order valence-corrected chi connectivity index (χ0v) is 11.4. The minimum atomic E-state index is -3.52. The second-order valence-corrected chi connectivity index (χ2v) is 5.96. The fraction of sp³-hybridized carbons (Fsp3) is 0.250. The maximum atomic E-state index is 12.0. The molecule has 0 spiro atoms. The molecule has 2 aromatic rings. The number of rotatable bonds is 5. The molecule has 2 aromatic heterocycles. The summed E-state index contributed by atoms with van der Waals surface area (Å²) >= 11 is 0. The SMILES string of the molecule is Cc1ccc(CNS(=O)(=O)c2c[nH]c(CN)c2)cn1. The summed E-state index contributed by atoms with van der Waals surface area (Å²) < 4.78 is 26.5. The van der Waals surface area contributed by atoms with E-state index in [0.29, 0.717) is 5.69 Å². The predicted molar refractivity (Wildman–Crippen MR) is 71.7 cm³/mol. The number of hydrogen-bond donors (Lipinski definition) is 3. The van der Waals surface area contributed by atoms with Crippen molar-refractivity contribution in [3.8, 4) is 0 Å². The van der Waals surface area contributed by atoms with Gasteiger partial charge in [0.15, 0.2) is 0 Å². The molecular weight excluding hydrogens is 264 g/mol. The molecule has 4 N–H and O–H groups in total. The highest BCUT2D eigenvalue weighted by Crippen LogP contribution is 2.11. The number of nitrogens with one attached hydrogen (secondary N) is 2. The van der Waals surface area contributed by atoms with Crippen molar-refractivity contribution in [2.24, 2.45) is 5.73 Å². The Morgan fingerprint density at radius 3 is 2.79 bits per heavy atom. The molecule has 102 valence electrons. The Balaban J connectivity index is 2.07. The van der Waals surface area contributed by atoms with Crippen molar-refractivity contribution in [1.82, 2.24) is 14.7 Å². The van der Waals surface area contributed by atoms with Crippen LogP contribution in [0.4, 0.5) is 0 Å². The van der Waals surface area contributed by atoms with Crippen LogP contribution in [0.25, 0.3) is 0 Å². The van der Waals surface area contributed by atoms with Crippen LogP contribution in [0.3, 0.4) is 0 Å². The molecule has 2 rings (SSSR count). The Labute approximate surface area is 112 Å². The van der Waals surface area contributed by atoms with Crippen molar-refractivity contribution in [3.63, 3.8) is 0 Å². The smallest absolute Gasteiger partial charge is 0.242 e. The quantitative estimate of drug-likeness (QED) is 0.748. The van der Waals surface area contributed by atoms with Gasteiger partial charge in [-0.15, -0.1) is 0 Å². The number of nitrogens with zero attached hydrogens (tertiary/aromatic N) is 1. The standard InChI is InChI=1S/C12H16N4O2S/c1-9-2-3-10(6-14-9)7-16-19(17,18)12-4-11(5-13)15-8-12/h2-4,6,8,15-16H,5,7,13H2,1H3. The molecule has 0 unspecified atom stereocenters. The number of aryl methyl sites for hydroxylation is 1. The van der Waals surface area contributed by atoms with Crippen molar-refractivity contribution >= 4 is 10.0 Å². The summed E-state index contributed by atoms with van der Waals surface area (Å²) in [4.78, 5) is 7.11. The van der Waals surface area contributed by atoms with Gasteiger partial charge in [-0.3, -0.25) is 4.98 Å². The number of aromatic amines is 1. The highest BCUT2D eigenvalue weighted by atomic mass is 32.2. The molecule has 0 bridgehead atoms. The number of pyridine rings is 1. The average molecular weight is 280 g/mol. The Hall–Kier alpha value is -1.70. The first-order valence-corrected chi connectivity index (χ1v) is 7.28. The van der Waals surface area contributed by atoms with Crippen LogP contribution in [0.2, 0.25) is 0 Å². The highest BCUT2D eigenvalue weighted by molar-refractivity contribution is 7.89. The second kappa shape index (κ2) is 5.52. The molecule has 0 saturated carbocycles. The third-order valence-corrected chi connectivity index (χ3v) is 4.07. The van der Waals surface area contributed by atoms with Crippen molar-refractivity contribution in [3.05, 3.63) is 47.5 Å². The zero-order valence-electron chi connectivity index (χ0n) is 10.6. The zero-order chi connectivity index (χ0) is 13.9. The third kappa shape index (κ3) is 3.40. The molecule has 0 radical (unpaired) electrons. The number of aromatic nitrogens is 2. The first-order chi connectivity index (χ1) is 9.01. The van der Waals surface area contributed by atoms with Gasteiger partial charge in [-0.05, 0) is 24.6 Å². The molecule has 0 atom stereocenters. The van der Waals surface area contributed by atoms with Gasteiger partial charge in [0.1, 0.15) is 0 Å². The highest BCUT2D eigenvalue weighted by Gasteiger charge is 2.15. The van der Waals surface area contributed by atoms with Gasteiger partial charge in [-0.1, -0.05) is 6.07 Å². The Kier molecular flexibility index (Phi) is 3.98. The largest absolute Gasteiger partial charge is 0.363 e. The van der Waals surface area contributed by atoms with Crippen molar-refractivity contribution in [2.75, 3.05) is 0 Å². The van der Waals surface area contributed by atoms with Crippen LogP contribution in [0, 0.1) is 6.92 Å². The first-order valence-electron chi connectivity index (χ1n) is 5.80. The molecule has 0 amide bonds. The van der Waals surface area contributed by atoms with E-state index in [-0.39, 0.29) is 18.0 Å². The van der Waals surface area contributed by atoms with E-state index in [9.17, 15) is 8.42 Å². The van der Waals surface area contributed by atoms with E-state index in [0.717, 1.165) is 11.3 Å². The lowest BCUT2D eigenvalue weighted by molar-refractivity contribution is 0.581. The van der Waals surface area contributed by atoms with Crippen molar-refractivity contribution in [2.45, 2.75) is 24.9 Å². The first kappa shape index (κ1) is 13.7. The molecule has 19 heavy (non-hydrogen) atoms. The van der Waals surface area contributed by atoms with Gasteiger partial charge in [0.2, 0.25) is 10.0 Å². The molecule has 6 nitrogen and oxygen atoms in total. The molecule has 7 heteroatoms. The molecule has 0 aliphatic heterocycles. The summed E-state index contributed by atoms with van der Waals surface area (Å²) in [6.07, 6.45) is 3.08. The number of nitrogens with two attached hydrogens (primary N) is 1. The summed E-state index contributed by atoms with van der Waals surface area (Å²) in [5.74, 6) is 0. The van der Waals surface area contributed by atoms with E-state index in [1.54, 1.807) is 6.20 Å². The molecule has 0 saturated heterocycles. The van der Waals surface area contributed by atoms with Crippen LogP contribution in [0.15, 0.2) is 35.5 Å². The summed E-state index contributed by atoms with van der Waals surface area (Å²) in [7, 11) is -3.52. The van der Waals surface area contributed by atoms with E-state index in [4.69, 9.17) is 5.73 Å². The van der Waals surface area contributed by atoms with E-state index in [2.05, 4.69) is 14.7 Å². The molecule has 2 heterocycles. The van der Waals surface area contributed by atoms with Gasteiger partial charge in [0.05, 0.1) is 4.90 Å². The molecule has 0 aromatic carbocycles. The Bertz CT molecular complexity index is 647. The van der Waals surface area contributed by atoms with Crippen LogP contribution in [0.5, 0.6) is 0 Å². The summed E-state index contributed by atoms with van der Waals surface area (Å²) in [5.41, 5.74) is 7.81. The van der Waals surface area contributed by atoms with Crippen LogP contribution in [-0.4, -0.2) is 18.4 Å². The topological polar surface area (TPSA) is 101 Å². The van der Waals surface area contributed by atoms with Gasteiger partial charge in [0.25, 0.3) is 0 Å². The third-order valence-electron chi connectivity index (χ3n) is 2.69. The molecule has 0 fully saturated rings. The van der Waals surface area contributed by atoms with Crippen molar-refractivity contribution < 1.29 is 8.42 Å². The lowest BCUT2D eigenvalue weighted by Crippen LogP contribution is -2.22. The van der Waals surface area contributed by atoms with Crippen LogP contribution < -0.4 is 10.5 Å². The number of hydrogen-bond acceptors (Lipinski definition) is 4. The average Bonchev–Trinajstić information content (AvgIpc) is 2.88. The van der Waals surface area contributed by atoms with Gasteiger partial charge < -0.3 is 10.7 Å². The maximum Gasteiger partial charge on any atom is 0.242 e. The van der Waals surface area contributed by atoms with Gasteiger partial charge >= 0.3 is 0 Å². The van der Waals surface area contributed by atoms with Crippen LogP contribution >= 0.6 is 0 Å². The summed E-state index contributed by atoms with van der Waals surface area (Å²) in [6.45, 7) is 2.36. The van der Waals surface area contributed by atoms with Crippen molar-refractivity contribution in [1.29, 1.82) is 0 Å². The van der Waals surface area contributed by atoms with Gasteiger partial charge in [-0.2, -0.15) is 0 Å². The number of sulfonamides is 1. The van der Waals surface area contributed by atoms with Gasteiger partial charge in [0, 0.05) is 36.9 Å². The van der Waals surface area contributed by atoms with Crippen LogP contribution in [-0.2, 0) is 23.1 Å². The Morgan fingerprint density at radius 1 is 1.42 bits per heavy atom. The maximum absolute atomic E-state index is 12.0. The lowest BCUT2D eigenvalue weighted by atomic mass is 10.2. The fourth-order valence-electron chi connectivity index (χ4n) is 1.56. The fourth-order valence-corrected chi connectivity index (χ4v) is 2.59. The van der Waals surface area contributed by atoms with E-state index in [1.807, 2.05) is 19.1 Å². The Morgan fingerprint density at radius 2 is 2.21 bits per heavy atom. The molecule has 0 aliphatic carbocycles. The predicted octanol–water partition coefficient (Wildman–Crippen LogP) is 0.655. The van der Waals surface area contributed by atoms with E-state index < -0.39 is 10.0 Å². The lowest BCUT2D eigenvalue weighted by Gasteiger charge is -2.05. The minimum Gasteiger partial charge on any atom is -0.363 e. The molecule has 0 aliphatic rings. The van der Waals surface area contributed by atoms with Gasteiger partial charge in [-0.25, -0.2) is 13.1 Å². The van der Waals surface area contributed by atoms with E-state index in [1.165, 1.54) is 12.3 Å². The van der Waals surface area contributed by atoms with E-state index >= 15 is 0 Å². The molecular formula is C12H16N4O2S. The summed E-state index contributed by atoms with van der Waals surface area (Å²) in [5, 5.41) is 0. The van der Waals surface area contributed by atoms with Crippen LogP contribution in [0.1, 0.15) is 17.0 Å². The second-order valence-electron chi connectivity index (χ2n) is 4.20. The monoisotopic (exact) mass is 280 g/mol. The number of H-pyrrole nitrogens is 1. The summed E-state index contributed by atoms with van der Waals surface area (Å²) in [6, 6.07) is 5.20. The minimum absolute atomic E-state index is 0.188. The normalized spacial score (nSPS) is 11.7.